The van der Waals surface area contributed by atoms with E-state index in [1.807, 2.05) is 18.2 Å². The molecule has 0 saturated heterocycles. The summed E-state index contributed by atoms with van der Waals surface area (Å²) in [5.41, 5.74) is 1.29. The molecule has 0 spiro atoms. The monoisotopic (exact) mass is 243 g/mol. The second-order valence-electron chi connectivity index (χ2n) is 4.16. The van der Waals surface area contributed by atoms with E-state index in [1.54, 1.807) is 19.4 Å². The van der Waals surface area contributed by atoms with Gasteiger partial charge < -0.3 is 10.1 Å². The summed E-state index contributed by atoms with van der Waals surface area (Å²) in [7, 11) is 1.60. The molecule has 1 aromatic heterocycles. The molecule has 1 aromatic carbocycles. The zero-order valence-corrected chi connectivity index (χ0v) is 10.6. The lowest BCUT2D eigenvalue weighted by Gasteiger charge is -2.14. The molecule has 0 fully saturated rings. The Morgan fingerprint density at radius 1 is 1.22 bits per heavy atom. The van der Waals surface area contributed by atoms with Gasteiger partial charge in [-0.3, -0.25) is 0 Å². The van der Waals surface area contributed by atoms with Crippen LogP contribution in [0.3, 0.4) is 0 Å². The van der Waals surface area contributed by atoms with Crippen molar-refractivity contribution in [2.45, 2.75) is 19.4 Å². The van der Waals surface area contributed by atoms with Crippen LogP contribution in [0.2, 0.25) is 0 Å². The second kappa shape index (κ2) is 6.00. The van der Waals surface area contributed by atoms with Gasteiger partial charge in [0.1, 0.15) is 0 Å². The van der Waals surface area contributed by atoms with E-state index in [-0.39, 0.29) is 6.04 Å². The van der Waals surface area contributed by atoms with Gasteiger partial charge in [-0.1, -0.05) is 30.3 Å². The summed E-state index contributed by atoms with van der Waals surface area (Å²) in [6.45, 7) is 2.11. The molecule has 1 atom stereocenters. The van der Waals surface area contributed by atoms with Crippen molar-refractivity contribution in [1.82, 2.24) is 9.97 Å². The number of benzene rings is 1. The van der Waals surface area contributed by atoms with Gasteiger partial charge in [-0.05, 0) is 18.9 Å². The molecule has 0 radical (unpaired) electrons. The number of nitrogens with zero attached hydrogens (tertiary/aromatic N) is 2. The Hall–Kier alpha value is -2.10. The summed E-state index contributed by atoms with van der Waals surface area (Å²) in [6, 6.07) is 12.3. The Kier molecular flexibility index (Phi) is 4.12. The SMILES string of the molecule is COc1ccnc(NC(C)Cc2ccccc2)n1. The quantitative estimate of drug-likeness (QED) is 0.876. The Morgan fingerprint density at radius 3 is 2.72 bits per heavy atom. The van der Waals surface area contributed by atoms with Crippen molar-refractivity contribution in [2.24, 2.45) is 0 Å². The maximum absolute atomic E-state index is 5.06. The van der Waals surface area contributed by atoms with Crippen molar-refractivity contribution in [2.75, 3.05) is 12.4 Å². The molecule has 1 heterocycles. The average Bonchev–Trinajstić information content (AvgIpc) is 2.40. The van der Waals surface area contributed by atoms with Crippen LogP contribution in [0.4, 0.5) is 5.95 Å². The van der Waals surface area contributed by atoms with Crippen LogP contribution in [0.25, 0.3) is 0 Å². The molecule has 4 heteroatoms. The van der Waals surface area contributed by atoms with Gasteiger partial charge in [-0.15, -0.1) is 0 Å². The summed E-state index contributed by atoms with van der Waals surface area (Å²) in [5.74, 6) is 1.16. The highest BCUT2D eigenvalue weighted by molar-refractivity contribution is 5.29. The van der Waals surface area contributed by atoms with Gasteiger partial charge in [0.15, 0.2) is 0 Å². The van der Waals surface area contributed by atoms with E-state index in [1.165, 1.54) is 5.56 Å². The predicted octanol–water partition coefficient (Wildman–Crippen LogP) is 2.53. The maximum Gasteiger partial charge on any atom is 0.226 e. The van der Waals surface area contributed by atoms with Gasteiger partial charge in [-0.25, -0.2) is 4.98 Å². The standard InChI is InChI=1S/C14H17N3O/c1-11(10-12-6-4-3-5-7-12)16-14-15-9-8-13(17-14)18-2/h3-9,11H,10H2,1-2H3,(H,15,16,17). The molecule has 1 N–H and O–H groups in total. The normalized spacial score (nSPS) is 11.9. The van der Waals surface area contributed by atoms with E-state index in [0.29, 0.717) is 11.8 Å². The molecule has 18 heavy (non-hydrogen) atoms. The molecule has 0 saturated carbocycles. The number of nitrogens with one attached hydrogen (secondary N) is 1. The Morgan fingerprint density at radius 2 is 2.00 bits per heavy atom. The van der Waals surface area contributed by atoms with Crippen molar-refractivity contribution in [3.8, 4) is 5.88 Å². The van der Waals surface area contributed by atoms with Crippen molar-refractivity contribution < 1.29 is 4.74 Å². The van der Waals surface area contributed by atoms with Crippen molar-refractivity contribution >= 4 is 5.95 Å². The molecule has 0 aliphatic carbocycles. The van der Waals surface area contributed by atoms with Crippen LogP contribution in [-0.4, -0.2) is 23.1 Å². The minimum absolute atomic E-state index is 0.263. The molecule has 2 aromatic rings. The highest BCUT2D eigenvalue weighted by atomic mass is 16.5. The van der Waals surface area contributed by atoms with Gasteiger partial charge in [0.2, 0.25) is 11.8 Å². The molecule has 0 bridgehead atoms. The molecule has 0 aliphatic heterocycles. The Balaban J connectivity index is 1.96. The van der Waals surface area contributed by atoms with Gasteiger partial charge in [0.25, 0.3) is 0 Å². The topological polar surface area (TPSA) is 47.0 Å². The minimum atomic E-state index is 0.263. The summed E-state index contributed by atoms with van der Waals surface area (Å²) >= 11 is 0. The highest BCUT2D eigenvalue weighted by Gasteiger charge is 2.05. The summed E-state index contributed by atoms with van der Waals surface area (Å²) in [4.78, 5) is 8.40. The predicted molar refractivity (Wildman–Crippen MR) is 71.8 cm³/mol. The molecule has 0 aliphatic rings. The molecular weight excluding hydrogens is 226 g/mol. The number of hydrogen-bond acceptors (Lipinski definition) is 4. The molecule has 2 rings (SSSR count). The fourth-order valence-corrected chi connectivity index (χ4v) is 1.76. The lowest BCUT2D eigenvalue weighted by atomic mass is 10.1. The highest BCUT2D eigenvalue weighted by Crippen LogP contribution is 2.10. The Bertz CT molecular complexity index is 487. The summed E-state index contributed by atoms with van der Waals surface area (Å²) in [6.07, 6.45) is 2.62. The number of rotatable bonds is 5. The summed E-state index contributed by atoms with van der Waals surface area (Å²) < 4.78 is 5.06. The van der Waals surface area contributed by atoms with E-state index in [0.717, 1.165) is 6.42 Å². The zero-order chi connectivity index (χ0) is 12.8. The molecular formula is C14H17N3O. The van der Waals surface area contributed by atoms with Crippen LogP contribution in [0.5, 0.6) is 5.88 Å². The number of hydrogen-bond donors (Lipinski definition) is 1. The third-order valence-electron chi connectivity index (χ3n) is 2.60. The zero-order valence-electron chi connectivity index (χ0n) is 10.6. The van der Waals surface area contributed by atoms with Crippen LogP contribution in [0.1, 0.15) is 12.5 Å². The first-order chi connectivity index (χ1) is 8.78. The van der Waals surface area contributed by atoms with E-state index >= 15 is 0 Å². The van der Waals surface area contributed by atoms with Crippen LogP contribution < -0.4 is 10.1 Å². The maximum atomic E-state index is 5.06. The number of methoxy groups -OCH3 is 1. The van der Waals surface area contributed by atoms with Crippen LogP contribution in [0, 0.1) is 0 Å². The fraction of sp³-hybridized carbons (Fsp3) is 0.286. The largest absolute Gasteiger partial charge is 0.481 e. The second-order valence-corrected chi connectivity index (χ2v) is 4.16. The third kappa shape index (κ3) is 3.45. The fourth-order valence-electron chi connectivity index (χ4n) is 1.76. The Labute approximate surface area is 107 Å². The van der Waals surface area contributed by atoms with Gasteiger partial charge in [0, 0.05) is 18.3 Å². The first-order valence-electron chi connectivity index (χ1n) is 5.95. The number of aromatic nitrogens is 2. The van der Waals surface area contributed by atoms with Crippen LogP contribution in [0.15, 0.2) is 42.6 Å². The van der Waals surface area contributed by atoms with Gasteiger partial charge >= 0.3 is 0 Å². The molecule has 0 amide bonds. The van der Waals surface area contributed by atoms with Gasteiger partial charge in [0.05, 0.1) is 7.11 Å². The lowest BCUT2D eigenvalue weighted by Crippen LogP contribution is -2.19. The average molecular weight is 243 g/mol. The van der Waals surface area contributed by atoms with E-state index in [4.69, 9.17) is 4.74 Å². The number of ether oxygens (including phenoxy) is 1. The third-order valence-corrected chi connectivity index (χ3v) is 2.60. The first-order valence-corrected chi connectivity index (χ1v) is 5.95. The van der Waals surface area contributed by atoms with Crippen molar-refractivity contribution in [3.05, 3.63) is 48.2 Å². The van der Waals surface area contributed by atoms with Crippen LogP contribution in [-0.2, 0) is 6.42 Å². The van der Waals surface area contributed by atoms with Crippen molar-refractivity contribution in [3.63, 3.8) is 0 Å². The number of anilines is 1. The lowest BCUT2D eigenvalue weighted by molar-refractivity contribution is 0.397. The van der Waals surface area contributed by atoms with Crippen LogP contribution >= 0.6 is 0 Å². The van der Waals surface area contributed by atoms with E-state index < -0.39 is 0 Å². The molecule has 4 nitrogen and oxygen atoms in total. The first kappa shape index (κ1) is 12.4. The molecule has 94 valence electrons. The molecule has 1 unspecified atom stereocenters. The van der Waals surface area contributed by atoms with E-state index in [9.17, 15) is 0 Å². The minimum Gasteiger partial charge on any atom is -0.481 e. The van der Waals surface area contributed by atoms with E-state index in [2.05, 4.69) is 34.3 Å². The van der Waals surface area contributed by atoms with Crippen molar-refractivity contribution in [1.29, 1.82) is 0 Å². The summed E-state index contributed by atoms with van der Waals surface area (Å²) in [5, 5.41) is 3.26. The van der Waals surface area contributed by atoms with Gasteiger partial charge in [-0.2, -0.15) is 4.98 Å². The smallest absolute Gasteiger partial charge is 0.226 e.